The Morgan fingerprint density at radius 1 is 1.45 bits per heavy atom. The van der Waals surface area contributed by atoms with Crippen molar-refractivity contribution in [1.29, 1.82) is 0 Å². The number of benzene rings is 1. The fraction of sp³-hybridized carbons (Fsp3) is 0.300. The molecule has 0 amide bonds. The third kappa shape index (κ3) is 3.99. The molecule has 110 valence electrons. The van der Waals surface area contributed by atoms with E-state index in [-0.39, 0.29) is 28.0 Å². The summed E-state index contributed by atoms with van der Waals surface area (Å²) in [6.45, 7) is -0.224. The Labute approximate surface area is 123 Å². The van der Waals surface area contributed by atoms with Gasteiger partial charge in [0.1, 0.15) is 0 Å². The molecule has 20 heavy (non-hydrogen) atoms. The molecule has 1 N–H and O–H groups in total. The van der Waals surface area contributed by atoms with E-state index in [1.807, 2.05) is 0 Å². The average Bonchev–Trinajstić information content (AvgIpc) is 2.34. The van der Waals surface area contributed by atoms with E-state index in [9.17, 15) is 23.3 Å². The molecule has 0 fully saturated rings. The second-order valence-corrected chi connectivity index (χ2v) is 6.83. The summed E-state index contributed by atoms with van der Waals surface area (Å²) in [6, 6.07) is 3.33. The highest BCUT2D eigenvalue weighted by Gasteiger charge is 2.24. The van der Waals surface area contributed by atoms with Crippen LogP contribution in [0.3, 0.4) is 0 Å². The van der Waals surface area contributed by atoms with Gasteiger partial charge in [0.05, 0.1) is 16.2 Å². The number of carboxylic acids is 1. The zero-order chi connectivity index (χ0) is 15.5. The van der Waals surface area contributed by atoms with Crippen molar-refractivity contribution in [2.24, 2.45) is 0 Å². The van der Waals surface area contributed by atoms with Crippen LogP contribution >= 0.6 is 15.9 Å². The number of nitro groups is 1. The second-order valence-electron chi connectivity index (χ2n) is 3.87. The first kappa shape index (κ1) is 16.5. The topological polar surface area (TPSA) is 118 Å². The zero-order valence-corrected chi connectivity index (χ0v) is 12.7. The van der Waals surface area contributed by atoms with Crippen LogP contribution in [-0.2, 0) is 14.8 Å². The highest BCUT2D eigenvalue weighted by atomic mass is 79.9. The summed E-state index contributed by atoms with van der Waals surface area (Å²) in [7, 11) is -2.76. The lowest BCUT2D eigenvalue weighted by Crippen LogP contribution is -2.29. The first-order valence-corrected chi connectivity index (χ1v) is 7.51. The van der Waals surface area contributed by atoms with Crippen LogP contribution in [0.2, 0.25) is 0 Å². The van der Waals surface area contributed by atoms with E-state index < -0.39 is 20.9 Å². The SMILES string of the molecule is CN(CCC(=O)O)S(=O)(=O)c1cc(Br)cc([N+](=O)[O-])c1. The van der Waals surface area contributed by atoms with Gasteiger partial charge in [-0.1, -0.05) is 15.9 Å². The Balaban J connectivity index is 3.15. The van der Waals surface area contributed by atoms with Gasteiger partial charge in [0, 0.05) is 30.2 Å². The molecule has 0 spiro atoms. The fourth-order valence-corrected chi connectivity index (χ4v) is 3.23. The van der Waals surface area contributed by atoms with Crippen molar-refractivity contribution in [2.75, 3.05) is 13.6 Å². The third-order valence-corrected chi connectivity index (χ3v) is 4.71. The van der Waals surface area contributed by atoms with Crippen molar-refractivity contribution in [3.63, 3.8) is 0 Å². The number of nitro benzene ring substituents is 1. The van der Waals surface area contributed by atoms with E-state index in [1.54, 1.807) is 0 Å². The summed E-state index contributed by atoms with van der Waals surface area (Å²) >= 11 is 3.00. The number of nitrogens with zero attached hydrogens (tertiary/aromatic N) is 2. The predicted octanol–water partition coefficient (Wildman–Crippen LogP) is 1.45. The Bertz CT molecular complexity index is 645. The molecule has 0 heterocycles. The Morgan fingerprint density at radius 2 is 2.05 bits per heavy atom. The van der Waals surface area contributed by atoms with Crippen molar-refractivity contribution in [3.05, 3.63) is 32.8 Å². The van der Waals surface area contributed by atoms with E-state index in [2.05, 4.69) is 15.9 Å². The summed E-state index contributed by atoms with van der Waals surface area (Å²) in [5.41, 5.74) is -0.371. The molecule has 1 rings (SSSR count). The van der Waals surface area contributed by atoms with Crippen LogP contribution in [0.15, 0.2) is 27.6 Å². The summed E-state index contributed by atoms with van der Waals surface area (Å²) < 4.78 is 25.4. The molecule has 0 radical (unpaired) electrons. The number of rotatable bonds is 6. The molecular formula is C10H11BrN2O6S. The van der Waals surface area contributed by atoms with Gasteiger partial charge in [-0.05, 0) is 6.07 Å². The van der Waals surface area contributed by atoms with Crippen LogP contribution in [0.25, 0.3) is 0 Å². The summed E-state index contributed by atoms with van der Waals surface area (Å²) in [5.74, 6) is -1.13. The molecule has 0 aliphatic heterocycles. The predicted molar refractivity (Wildman–Crippen MR) is 72.9 cm³/mol. The largest absolute Gasteiger partial charge is 0.481 e. The first-order valence-electron chi connectivity index (χ1n) is 5.27. The summed E-state index contributed by atoms with van der Waals surface area (Å²) in [4.78, 5) is 20.2. The lowest BCUT2D eigenvalue weighted by Gasteiger charge is -2.16. The van der Waals surface area contributed by atoms with Crippen molar-refractivity contribution in [1.82, 2.24) is 4.31 Å². The molecule has 0 unspecified atom stereocenters. The van der Waals surface area contributed by atoms with Gasteiger partial charge in [-0.2, -0.15) is 0 Å². The molecule has 0 saturated heterocycles. The fourth-order valence-electron chi connectivity index (χ4n) is 1.36. The van der Waals surface area contributed by atoms with Crippen molar-refractivity contribution in [3.8, 4) is 0 Å². The van der Waals surface area contributed by atoms with Gasteiger partial charge in [-0.3, -0.25) is 14.9 Å². The Morgan fingerprint density at radius 3 is 2.55 bits per heavy atom. The van der Waals surface area contributed by atoms with Crippen LogP contribution < -0.4 is 0 Å². The minimum absolute atomic E-state index is 0.224. The third-order valence-electron chi connectivity index (χ3n) is 2.42. The van der Waals surface area contributed by atoms with Crippen LogP contribution in [0, 0.1) is 10.1 Å². The quantitative estimate of drug-likeness (QED) is 0.601. The van der Waals surface area contributed by atoms with E-state index in [4.69, 9.17) is 5.11 Å². The number of non-ortho nitro benzene ring substituents is 1. The summed E-state index contributed by atoms with van der Waals surface area (Å²) in [6.07, 6.45) is -0.355. The molecule has 1 aromatic rings. The highest BCUT2D eigenvalue weighted by molar-refractivity contribution is 9.10. The number of hydrogen-bond donors (Lipinski definition) is 1. The molecule has 0 bridgehead atoms. The number of hydrogen-bond acceptors (Lipinski definition) is 5. The molecule has 0 aromatic heterocycles. The van der Waals surface area contributed by atoms with Gasteiger partial charge in [0.15, 0.2) is 0 Å². The van der Waals surface area contributed by atoms with Crippen LogP contribution in [0.4, 0.5) is 5.69 Å². The smallest absolute Gasteiger partial charge is 0.304 e. The second kappa shape index (κ2) is 6.29. The van der Waals surface area contributed by atoms with E-state index in [1.165, 1.54) is 19.2 Å². The van der Waals surface area contributed by atoms with Crippen molar-refractivity contribution >= 4 is 37.6 Å². The maximum atomic E-state index is 12.2. The number of halogens is 1. The van der Waals surface area contributed by atoms with Gasteiger partial charge in [0.2, 0.25) is 10.0 Å². The van der Waals surface area contributed by atoms with Crippen molar-refractivity contribution < 1.29 is 23.2 Å². The zero-order valence-electron chi connectivity index (χ0n) is 10.3. The monoisotopic (exact) mass is 366 g/mol. The van der Waals surface area contributed by atoms with Gasteiger partial charge in [0.25, 0.3) is 5.69 Å². The lowest BCUT2D eigenvalue weighted by atomic mass is 10.3. The molecule has 0 aliphatic carbocycles. The maximum Gasteiger partial charge on any atom is 0.304 e. The number of aliphatic carboxylic acids is 1. The molecule has 10 heteroatoms. The van der Waals surface area contributed by atoms with Gasteiger partial charge in [-0.15, -0.1) is 0 Å². The van der Waals surface area contributed by atoms with Gasteiger partial charge < -0.3 is 5.11 Å². The minimum atomic E-state index is -3.98. The normalized spacial score (nSPS) is 11.6. The molecule has 8 nitrogen and oxygen atoms in total. The van der Waals surface area contributed by atoms with Crippen LogP contribution in [-0.4, -0.2) is 42.3 Å². The Hall–Kier alpha value is -1.52. The Kier molecular flexibility index (Phi) is 5.20. The lowest BCUT2D eigenvalue weighted by molar-refractivity contribution is -0.385. The highest BCUT2D eigenvalue weighted by Crippen LogP contribution is 2.26. The van der Waals surface area contributed by atoms with E-state index in [0.29, 0.717) is 0 Å². The average molecular weight is 367 g/mol. The number of carboxylic acid groups (broad SMARTS) is 1. The molecule has 1 aromatic carbocycles. The van der Waals surface area contributed by atoms with Crippen molar-refractivity contribution in [2.45, 2.75) is 11.3 Å². The number of carbonyl (C=O) groups is 1. The summed E-state index contributed by atoms with van der Waals surface area (Å²) in [5, 5.41) is 19.3. The van der Waals surface area contributed by atoms with E-state index >= 15 is 0 Å². The minimum Gasteiger partial charge on any atom is -0.481 e. The van der Waals surface area contributed by atoms with Gasteiger partial charge >= 0.3 is 5.97 Å². The van der Waals surface area contributed by atoms with E-state index in [0.717, 1.165) is 10.4 Å². The maximum absolute atomic E-state index is 12.2. The van der Waals surface area contributed by atoms with Crippen LogP contribution in [0.1, 0.15) is 6.42 Å². The molecule has 0 saturated carbocycles. The standard InChI is InChI=1S/C10H11BrN2O6S/c1-12(3-2-10(14)15)20(18,19)9-5-7(11)4-8(6-9)13(16)17/h4-6H,2-3H2,1H3,(H,14,15). The first-order chi connectivity index (χ1) is 9.14. The number of sulfonamides is 1. The molecule has 0 aliphatic rings. The van der Waals surface area contributed by atoms with Gasteiger partial charge in [-0.25, -0.2) is 12.7 Å². The van der Waals surface area contributed by atoms with Crippen LogP contribution in [0.5, 0.6) is 0 Å². The molecule has 0 atom stereocenters. The molecular weight excluding hydrogens is 356 g/mol.